The fraction of sp³-hybridized carbons (Fsp3) is 0.471. The summed E-state index contributed by atoms with van der Waals surface area (Å²) >= 11 is 0. The van der Waals surface area contributed by atoms with Crippen LogP contribution in [0.15, 0.2) is 30.3 Å². The van der Waals surface area contributed by atoms with Crippen LogP contribution in [-0.2, 0) is 0 Å². The van der Waals surface area contributed by atoms with Crippen molar-refractivity contribution >= 4 is 10.9 Å². The molecule has 2 aromatic rings. The van der Waals surface area contributed by atoms with E-state index in [4.69, 9.17) is 4.74 Å². The monoisotopic (exact) mass is 286 g/mol. The second kappa shape index (κ2) is 5.62. The van der Waals surface area contributed by atoms with Crippen molar-refractivity contribution in [2.75, 3.05) is 20.3 Å². The van der Waals surface area contributed by atoms with Gasteiger partial charge in [0.15, 0.2) is 0 Å². The molecule has 1 heterocycles. The summed E-state index contributed by atoms with van der Waals surface area (Å²) in [7, 11) is 1.89. The van der Waals surface area contributed by atoms with Gasteiger partial charge in [-0.3, -0.25) is 0 Å². The number of aliphatic hydroxyl groups is 1. The van der Waals surface area contributed by atoms with Gasteiger partial charge in [-0.15, -0.1) is 0 Å². The molecule has 1 unspecified atom stereocenters. The highest BCUT2D eigenvalue weighted by Crippen LogP contribution is 2.40. The molecule has 0 spiro atoms. The molecule has 3 rings (SSSR count). The molecule has 0 saturated heterocycles. The molecule has 112 valence electrons. The Morgan fingerprint density at radius 2 is 2.14 bits per heavy atom. The smallest absolute Gasteiger partial charge is 0.145 e. The van der Waals surface area contributed by atoms with Crippen molar-refractivity contribution < 1.29 is 9.84 Å². The summed E-state index contributed by atoms with van der Waals surface area (Å²) in [5.74, 6) is 1.28. The van der Waals surface area contributed by atoms with Gasteiger partial charge in [-0.05, 0) is 44.9 Å². The summed E-state index contributed by atoms with van der Waals surface area (Å²) in [6.45, 7) is 2.52. The summed E-state index contributed by atoms with van der Waals surface area (Å²) in [4.78, 5) is 4.58. The maximum absolute atomic E-state index is 9.76. The van der Waals surface area contributed by atoms with Gasteiger partial charge in [0.25, 0.3) is 0 Å². The largest absolute Gasteiger partial charge is 0.489 e. The minimum absolute atomic E-state index is 0.0887. The predicted octanol–water partition coefficient (Wildman–Crippen LogP) is 2.28. The zero-order chi connectivity index (χ0) is 14.9. The van der Waals surface area contributed by atoms with Gasteiger partial charge in [0.05, 0.1) is 12.1 Å². The van der Waals surface area contributed by atoms with E-state index in [1.54, 1.807) is 0 Å². The molecule has 0 radical (unpaired) electrons. The number of nitrogens with zero attached hydrogens (tertiary/aromatic N) is 1. The summed E-state index contributed by atoms with van der Waals surface area (Å²) in [6.07, 6.45) is 2.30. The molecule has 0 aliphatic heterocycles. The third-order valence-corrected chi connectivity index (χ3v) is 4.45. The number of aliphatic hydroxyl groups excluding tert-OH is 1. The average molecular weight is 286 g/mol. The lowest BCUT2D eigenvalue weighted by atomic mass is 9.95. The van der Waals surface area contributed by atoms with Gasteiger partial charge >= 0.3 is 0 Å². The minimum atomic E-state index is -0.341. The Kier molecular flexibility index (Phi) is 3.83. The molecule has 0 amide bonds. The molecular weight excluding hydrogens is 264 g/mol. The molecule has 1 aromatic carbocycles. The number of ether oxygens (including phenoxy) is 1. The molecule has 2 N–H and O–H groups in total. The first-order chi connectivity index (χ1) is 10.2. The Bertz CT molecular complexity index is 634. The van der Waals surface area contributed by atoms with Gasteiger partial charge in [-0.25, -0.2) is 4.98 Å². The van der Waals surface area contributed by atoms with E-state index >= 15 is 0 Å². The summed E-state index contributed by atoms with van der Waals surface area (Å²) in [5.41, 5.74) is 1.52. The maximum atomic E-state index is 9.76. The van der Waals surface area contributed by atoms with Crippen LogP contribution in [0.25, 0.3) is 10.9 Å². The zero-order valence-electron chi connectivity index (χ0n) is 12.6. The number of aryl methyl sites for hydroxylation is 1. The van der Waals surface area contributed by atoms with Crippen LogP contribution < -0.4 is 10.1 Å². The quantitative estimate of drug-likeness (QED) is 0.855. The molecule has 21 heavy (non-hydrogen) atoms. The number of hydrogen-bond acceptors (Lipinski definition) is 4. The maximum Gasteiger partial charge on any atom is 0.145 e. The summed E-state index contributed by atoms with van der Waals surface area (Å²) < 4.78 is 6.04. The van der Waals surface area contributed by atoms with Crippen molar-refractivity contribution in [3.63, 3.8) is 0 Å². The number of aromatic nitrogens is 1. The third kappa shape index (κ3) is 2.74. The number of likely N-dealkylation sites (N-methyl/N-ethyl adjacent to an activating group) is 1. The predicted molar refractivity (Wildman–Crippen MR) is 83.6 cm³/mol. The van der Waals surface area contributed by atoms with Crippen molar-refractivity contribution in [2.45, 2.75) is 25.3 Å². The minimum Gasteiger partial charge on any atom is -0.489 e. The van der Waals surface area contributed by atoms with Crippen molar-refractivity contribution in [3.8, 4) is 5.75 Å². The van der Waals surface area contributed by atoms with E-state index in [2.05, 4.69) is 16.4 Å². The molecule has 4 nitrogen and oxygen atoms in total. The van der Waals surface area contributed by atoms with Crippen LogP contribution in [0.5, 0.6) is 5.75 Å². The molecule has 1 atom stereocenters. The van der Waals surface area contributed by atoms with Gasteiger partial charge in [-0.1, -0.05) is 18.2 Å². The van der Waals surface area contributed by atoms with E-state index in [1.165, 1.54) is 0 Å². The molecule has 1 aromatic heterocycles. The van der Waals surface area contributed by atoms with Crippen molar-refractivity contribution in [2.24, 2.45) is 5.92 Å². The van der Waals surface area contributed by atoms with E-state index in [0.717, 1.165) is 35.2 Å². The van der Waals surface area contributed by atoms with Gasteiger partial charge in [0.1, 0.15) is 17.9 Å². The average Bonchev–Trinajstić information content (AvgIpc) is 3.34. The van der Waals surface area contributed by atoms with E-state index in [1.807, 2.05) is 38.2 Å². The molecule has 1 aliphatic carbocycles. The van der Waals surface area contributed by atoms with Crippen molar-refractivity contribution in [3.05, 3.63) is 36.0 Å². The van der Waals surface area contributed by atoms with E-state index < -0.39 is 0 Å². The normalized spacial score (nSPS) is 17.7. The van der Waals surface area contributed by atoms with Crippen LogP contribution in [0, 0.1) is 12.8 Å². The number of benzene rings is 1. The number of pyridine rings is 1. The zero-order valence-corrected chi connectivity index (χ0v) is 12.6. The molecule has 1 aliphatic rings. The standard InChI is InChI=1S/C17H22N2O2/c1-12-6-7-13-4-3-5-15(16(13)19-12)21-11-17(10-20,18-2)14-8-9-14/h3-7,14,18,20H,8-11H2,1-2H3. The first kappa shape index (κ1) is 14.3. The summed E-state index contributed by atoms with van der Waals surface area (Å²) in [6, 6.07) is 10.0. The number of rotatable bonds is 6. The van der Waals surface area contributed by atoms with Crippen LogP contribution >= 0.6 is 0 Å². The second-order valence-corrected chi connectivity index (χ2v) is 5.91. The number of hydrogen-bond donors (Lipinski definition) is 2. The first-order valence-electron chi connectivity index (χ1n) is 7.47. The Hall–Kier alpha value is -1.65. The van der Waals surface area contributed by atoms with Crippen LogP contribution in [0.3, 0.4) is 0 Å². The van der Waals surface area contributed by atoms with Gasteiger partial charge < -0.3 is 15.2 Å². The highest BCUT2D eigenvalue weighted by Gasteiger charge is 2.44. The molecule has 4 heteroatoms. The van der Waals surface area contributed by atoms with Crippen molar-refractivity contribution in [1.29, 1.82) is 0 Å². The Labute approximate surface area is 125 Å². The van der Waals surface area contributed by atoms with Crippen LogP contribution in [0.2, 0.25) is 0 Å². The van der Waals surface area contributed by atoms with Gasteiger partial charge in [0.2, 0.25) is 0 Å². The lowest BCUT2D eigenvalue weighted by Crippen LogP contribution is -2.53. The van der Waals surface area contributed by atoms with Crippen LogP contribution in [0.4, 0.5) is 0 Å². The number of nitrogens with one attached hydrogen (secondary N) is 1. The van der Waals surface area contributed by atoms with Crippen LogP contribution in [-0.4, -0.2) is 35.9 Å². The lowest BCUT2D eigenvalue weighted by molar-refractivity contribution is 0.0921. The Morgan fingerprint density at radius 1 is 1.33 bits per heavy atom. The lowest BCUT2D eigenvalue weighted by Gasteiger charge is -2.31. The number of fused-ring (bicyclic) bond motifs is 1. The van der Waals surface area contributed by atoms with E-state index in [9.17, 15) is 5.11 Å². The fourth-order valence-corrected chi connectivity index (χ4v) is 2.82. The Morgan fingerprint density at radius 3 is 2.81 bits per heavy atom. The second-order valence-electron chi connectivity index (χ2n) is 5.91. The third-order valence-electron chi connectivity index (χ3n) is 4.45. The molecule has 1 saturated carbocycles. The fourth-order valence-electron chi connectivity index (χ4n) is 2.82. The van der Waals surface area contributed by atoms with Crippen molar-refractivity contribution in [1.82, 2.24) is 10.3 Å². The first-order valence-corrected chi connectivity index (χ1v) is 7.47. The van der Waals surface area contributed by atoms with E-state index in [-0.39, 0.29) is 12.1 Å². The highest BCUT2D eigenvalue weighted by atomic mass is 16.5. The highest BCUT2D eigenvalue weighted by molar-refractivity contribution is 5.84. The van der Waals surface area contributed by atoms with E-state index in [0.29, 0.717) is 12.5 Å². The topological polar surface area (TPSA) is 54.4 Å². The SMILES string of the molecule is CNC(CO)(COc1cccc2ccc(C)nc12)C1CC1. The summed E-state index contributed by atoms with van der Waals surface area (Å²) in [5, 5.41) is 14.1. The molecular formula is C17H22N2O2. The molecule has 1 fully saturated rings. The van der Waals surface area contributed by atoms with Gasteiger partial charge in [0, 0.05) is 11.1 Å². The van der Waals surface area contributed by atoms with Gasteiger partial charge in [-0.2, -0.15) is 0 Å². The van der Waals surface area contributed by atoms with Crippen LogP contribution in [0.1, 0.15) is 18.5 Å². The Balaban J connectivity index is 1.86. The molecule has 0 bridgehead atoms. The number of para-hydroxylation sites is 1.